The van der Waals surface area contributed by atoms with Crippen LogP contribution in [0.3, 0.4) is 0 Å². The first-order chi connectivity index (χ1) is 7.72. The molecule has 0 atom stereocenters. The van der Waals surface area contributed by atoms with E-state index in [-0.39, 0.29) is 0 Å². The van der Waals surface area contributed by atoms with Crippen LogP contribution in [-0.4, -0.2) is 13.3 Å². The number of hydrogen-bond acceptors (Lipinski definition) is 2. The monoisotopic (exact) mass is 214 g/mol. The Bertz CT molecular complexity index is 423. The van der Waals surface area contributed by atoms with E-state index < -0.39 is 0 Å². The Morgan fingerprint density at radius 2 is 1.94 bits per heavy atom. The molecule has 0 unspecified atom stereocenters. The SMILES string of the molecule is CN=CC(=C(N)C1CC1)c1ccc(C)cc1. The van der Waals surface area contributed by atoms with E-state index in [2.05, 4.69) is 36.2 Å². The first kappa shape index (κ1) is 10.9. The van der Waals surface area contributed by atoms with Crippen LogP contribution in [0.5, 0.6) is 0 Å². The summed E-state index contributed by atoms with van der Waals surface area (Å²) in [7, 11) is 1.79. The average Bonchev–Trinajstić information content (AvgIpc) is 3.10. The number of aliphatic imine (C=N–C) groups is 1. The maximum atomic E-state index is 6.17. The van der Waals surface area contributed by atoms with Crippen LogP contribution in [0, 0.1) is 12.8 Å². The first-order valence-electron chi connectivity index (χ1n) is 5.71. The van der Waals surface area contributed by atoms with Crippen molar-refractivity contribution in [2.75, 3.05) is 7.05 Å². The third kappa shape index (κ3) is 2.32. The van der Waals surface area contributed by atoms with Gasteiger partial charge in [0.25, 0.3) is 0 Å². The van der Waals surface area contributed by atoms with Gasteiger partial charge in [-0.25, -0.2) is 0 Å². The second-order valence-corrected chi connectivity index (χ2v) is 4.40. The second-order valence-electron chi connectivity index (χ2n) is 4.40. The van der Waals surface area contributed by atoms with Gasteiger partial charge in [-0.15, -0.1) is 0 Å². The van der Waals surface area contributed by atoms with Gasteiger partial charge in [-0.1, -0.05) is 29.8 Å². The van der Waals surface area contributed by atoms with Crippen LogP contribution in [0.1, 0.15) is 24.0 Å². The molecule has 1 saturated carbocycles. The van der Waals surface area contributed by atoms with Gasteiger partial charge in [-0.2, -0.15) is 0 Å². The van der Waals surface area contributed by atoms with Crippen molar-refractivity contribution in [2.45, 2.75) is 19.8 Å². The third-order valence-electron chi connectivity index (χ3n) is 2.95. The van der Waals surface area contributed by atoms with E-state index in [4.69, 9.17) is 5.73 Å². The van der Waals surface area contributed by atoms with Gasteiger partial charge in [0, 0.05) is 24.5 Å². The van der Waals surface area contributed by atoms with Crippen molar-refractivity contribution < 1.29 is 0 Å². The lowest BCUT2D eigenvalue weighted by Crippen LogP contribution is -2.05. The molecule has 0 heterocycles. The molecular formula is C14H18N2. The highest BCUT2D eigenvalue weighted by Gasteiger charge is 2.26. The zero-order valence-corrected chi connectivity index (χ0v) is 9.90. The molecule has 1 fully saturated rings. The Kier molecular flexibility index (Phi) is 3.09. The number of nitrogens with two attached hydrogens (primary N) is 1. The van der Waals surface area contributed by atoms with Gasteiger partial charge < -0.3 is 5.73 Å². The molecule has 1 aliphatic rings. The summed E-state index contributed by atoms with van der Waals surface area (Å²) in [6.45, 7) is 2.09. The number of nitrogens with zero attached hydrogens (tertiary/aromatic N) is 1. The lowest BCUT2D eigenvalue weighted by Gasteiger charge is -2.07. The molecule has 2 nitrogen and oxygen atoms in total. The molecule has 84 valence electrons. The lowest BCUT2D eigenvalue weighted by atomic mass is 10.0. The van der Waals surface area contributed by atoms with Crippen LogP contribution in [0.2, 0.25) is 0 Å². The number of aryl methyl sites for hydroxylation is 1. The van der Waals surface area contributed by atoms with E-state index in [0.29, 0.717) is 5.92 Å². The van der Waals surface area contributed by atoms with E-state index in [1.165, 1.54) is 24.0 Å². The fourth-order valence-electron chi connectivity index (χ4n) is 1.79. The van der Waals surface area contributed by atoms with Crippen molar-refractivity contribution in [1.29, 1.82) is 0 Å². The van der Waals surface area contributed by atoms with Gasteiger partial charge in [0.1, 0.15) is 0 Å². The van der Waals surface area contributed by atoms with Crippen molar-refractivity contribution in [3.8, 4) is 0 Å². The minimum atomic E-state index is 0.578. The highest BCUT2D eigenvalue weighted by Crippen LogP contribution is 2.36. The molecule has 2 N–H and O–H groups in total. The highest BCUT2D eigenvalue weighted by molar-refractivity contribution is 6.11. The molecule has 0 aliphatic heterocycles. The third-order valence-corrected chi connectivity index (χ3v) is 2.95. The Labute approximate surface area is 96.9 Å². The summed E-state index contributed by atoms with van der Waals surface area (Å²) in [4.78, 5) is 4.10. The zero-order valence-electron chi connectivity index (χ0n) is 9.90. The summed E-state index contributed by atoms with van der Waals surface area (Å²) < 4.78 is 0. The topological polar surface area (TPSA) is 38.4 Å². The van der Waals surface area contributed by atoms with Gasteiger partial charge in [0.15, 0.2) is 0 Å². The van der Waals surface area contributed by atoms with Crippen molar-refractivity contribution in [3.63, 3.8) is 0 Å². The number of hydrogen-bond donors (Lipinski definition) is 1. The quantitative estimate of drug-likeness (QED) is 0.772. The van der Waals surface area contributed by atoms with E-state index in [1.54, 1.807) is 7.05 Å². The molecular weight excluding hydrogens is 196 g/mol. The van der Waals surface area contributed by atoms with Gasteiger partial charge in [0.05, 0.1) is 0 Å². The van der Waals surface area contributed by atoms with Crippen molar-refractivity contribution >= 4 is 11.8 Å². The normalized spacial score (nSPS) is 17.6. The van der Waals surface area contributed by atoms with E-state index >= 15 is 0 Å². The predicted molar refractivity (Wildman–Crippen MR) is 69.4 cm³/mol. The van der Waals surface area contributed by atoms with E-state index in [9.17, 15) is 0 Å². The summed E-state index contributed by atoms with van der Waals surface area (Å²) in [6, 6.07) is 8.45. The van der Waals surface area contributed by atoms with Crippen molar-refractivity contribution in [1.82, 2.24) is 0 Å². The Hall–Kier alpha value is -1.57. The average molecular weight is 214 g/mol. The molecule has 1 aliphatic carbocycles. The molecule has 0 amide bonds. The summed E-state index contributed by atoms with van der Waals surface area (Å²) in [5, 5.41) is 0. The molecule has 16 heavy (non-hydrogen) atoms. The summed E-state index contributed by atoms with van der Waals surface area (Å²) in [5.74, 6) is 0.578. The predicted octanol–water partition coefficient (Wildman–Crippen LogP) is 2.78. The standard InChI is InChI=1S/C14H18N2/c1-10-3-5-11(6-4-10)13(9-16-2)14(15)12-7-8-12/h3-6,9,12H,7-8,15H2,1-2H3. The summed E-state index contributed by atoms with van der Waals surface area (Å²) >= 11 is 0. The Morgan fingerprint density at radius 1 is 1.31 bits per heavy atom. The lowest BCUT2D eigenvalue weighted by molar-refractivity contribution is 0.989. The second kappa shape index (κ2) is 4.52. The Balaban J connectivity index is 2.39. The number of allylic oxidation sites excluding steroid dienone is 2. The molecule has 0 radical (unpaired) electrons. The van der Waals surface area contributed by atoms with Crippen LogP contribution in [0.15, 0.2) is 35.0 Å². The van der Waals surface area contributed by atoms with Crippen LogP contribution in [0.4, 0.5) is 0 Å². The fourth-order valence-corrected chi connectivity index (χ4v) is 1.79. The van der Waals surface area contributed by atoms with Gasteiger partial charge in [-0.05, 0) is 31.2 Å². The highest BCUT2D eigenvalue weighted by atomic mass is 14.7. The van der Waals surface area contributed by atoms with Crippen LogP contribution < -0.4 is 5.73 Å². The van der Waals surface area contributed by atoms with Crippen molar-refractivity contribution in [3.05, 3.63) is 41.1 Å². The number of benzene rings is 1. The summed E-state index contributed by atoms with van der Waals surface area (Å²) in [5.41, 5.74) is 10.7. The first-order valence-corrected chi connectivity index (χ1v) is 5.71. The molecule has 1 aromatic carbocycles. The van der Waals surface area contributed by atoms with E-state index in [0.717, 1.165) is 11.3 Å². The molecule has 0 aromatic heterocycles. The molecule has 1 aromatic rings. The smallest absolute Gasteiger partial charge is 0.0304 e. The Morgan fingerprint density at radius 3 is 2.44 bits per heavy atom. The van der Waals surface area contributed by atoms with Gasteiger partial charge in [0.2, 0.25) is 0 Å². The zero-order chi connectivity index (χ0) is 11.5. The van der Waals surface area contributed by atoms with E-state index in [1.807, 2.05) is 6.21 Å². The van der Waals surface area contributed by atoms with Crippen LogP contribution in [-0.2, 0) is 0 Å². The van der Waals surface area contributed by atoms with Gasteiger partial charge >= 0.3 is 0 Å². The summed E-state index contributed by atoms with van der Waals surface area (Å²) in [6.07, 6.45) is 4.32. The maximum absolute atomic E-state index is 6.17. The number of rotatable bonds is 3. The largest absolute Gasteiger partial charge is 0.401 e. The minimum absolute atomic E-state index is 0.578. The molecule has 2 rings (SSSR count). The van der Waals surface area contributed by atoms with Crippen molar-refractivity contribution in [2.24, 2.45) is 16.6 Å². The van der Waals surface area contributed by atoms with Gasteiger partial charge in [-0.3, -0.25) is 4.99 Å². The molecule has 0 bridgehead atoms. The maximum Gasteiger partial charge on any atom is 0.0304 e. The molecule has 0 spiro atoms. The minimum Gasteiger partial charge on any atom is -0.401 e. The van der Waals surface area contributed by atoms with Crippen LogP contribution in [0.25, 0.3) is 5.57 Å². The molecule has 2 heteroatoms. The van der Waals surface area contributed by atoms with Crippen LogP contribution >= 0.6 is 0 Å². The molecule has 0 saturated heterocycles. The fraction of sp³-hybridized carbons (Fsp3) is 0.357.